The number of nitrogens with zero attached hydrogens (tertiary/aromatic N) is 2. The van der Waals surface area contributed by atoms with E-state index in [-0.39, 0.29) is 0 Å². The number of fused-ring (bicyclic) bond motifs is 6. The summed E-state index contributed by atoms with van der Waals surface area (Å²) in [5, 5.41) is 4.41. The number of benzene rings is 9. The van der Waals surface area contributed by atoms with Crippen molar-refractivity contribution in [3.05, 3.63) is 231 Å². The Bertz CT molecular complexity index is 3550. The lowest BCUT2D eigenvalue weighted by atomic mass is 10.0. The number of hydrogen-bond acceptors (Lipinski definition) is 5. The first-order chi connectivity index (χ1) is 31.2. The summed E-state index contributed by atoms with van der Waals surface area (Å²) in [7, 11) is 0. The number of thiophene rings is 1. The van der Waals surface area contributed by atoms with Gasteiger partial charge in [0.2, 0.25) is 0 Å². The number of hydrogen-bond donors (Lipinski definition) is 0. The Labute approximate surface area is 368 Å². The van der Waals surface area contributed by atoms with Gasteiger partial charge in [0.25, 0.3) is 0 Å². The summed E-state index contributed by atoms with van der Waals surface area (Å²) >= 11 is 1.82. The summed E-state index contributed by atoms with van der Waals surface area (Å²) in [5.74, 6) is 0. The summed E-state index contributed by atoms with van der Waals surface area (Å²) in [5.41, 5.74) is 14.3. The fourth-order valence-electron chi connectivity index (χ4n) is 8.88. The fraction of sp³-hybridized carbons (Fsp3) is 0. The molecule has 0 amide bonds. The van der Waals surface area contributed by atoms with E-state index in [1.165, 1.54) is 20.9 Å². The molecular formula is C58H38N2O2S. The van der Waals surface area contributed by atoms with E-state index < -0.39 is 0 Å². The maximum absolute atomic E-state index is 6.62. The number of furan rings is 2. The van der Waals surface area contributed by atoms with Gasteiger partial charge in [0.05, 0.1) is 11.4 Å². The second kappa shape index (κ2) is 15.4. The van der Waals surface area contributed by atoms with Crippen molar-refractivity contribution in [1.82, 2.24) is 0 Å². The normalized spacial score (nSPS) is 11.5. The van der Waals surface area contributed by atoms with Crippen molar-refractivity contribution in [2.24, 2.45) is 0 Å². The van der Waals surface area contributed by atoms with E-state index in [2.05, 4.69) is 216 Å². The first-order valence-corrected chi connectivity index (χ1v) is 22.0. The number of para-hydroxylation sites is 5. The molecule has 9 aromatic carbocycles. The zero-order valence-electron chi connectivity index (χ0n) is 34.1. The summed E-state index contributed by atoms with van der Waals surface area (Å²) in [6.07, 6.45) is 0. The molecule has 0 aliphatic heterocycles. The van der Waals surface area contributed by atoms with E-state index in [0.29, 0.717) is 0 Å². The highest BCUT2D eigenvalue weighted by atomic mass is 32.1. The van der Waals surface area contributed by atoms with Crippen LogP contribution < -0.4 is 9.80 Å². The van der Waals surface area contributed by atoms with Crippen LogP contribution in [0.1, 0.15) is 0 Å². The van der Waals surface area contributed by atoms with Crippen molar-refractivity contribution in [3.63, 3.8) is 0 Å². The molecule has 0 radical (unpaired) electrons. The van der Waals surface area contributed by atoms with Crippen molar-refractivity contribution in [2.75, 3.05) is 9.80 Å². The Morgan fingerprint density at radius 1 is 0.270 bits per heavy atom. The summed E-state index contributed by atoms with van der Waals surface area (Å²) in [6, 6.07) is 81.4. The number of anilines is 6. The third kappa shape index (κ3) is 6.54. The molecule has 3 heterocycles. The lowest BCUT2D eigenvalue weighted by Gasteiger charge is -2.26. The Kier molecular flexibility index (Phi) is 8.98. The zero-order valence-corrected chi connectivity index (χ0v) is 34.9. The largest absolute Gasteiger partial charge is 0.454 e. The predicted molar refractivity (Wildman–Crippen MR) is 265 cm³/mol. The van der Waals surface area contributed by atoms with Crippen molar-refractivity contribution in [1.29, 1.82) is 0 Å². The Balaban J connectivity index is 0.907. The molecule has 5 heteroatoms. The molecule has 0 aliphatic rings. The van der Waals surface area contributed by atoms with Gasteiger partial charge in [-0.3, -0.25) is 0 Å². The zero-order chi connectivity index (χ0) is 41.7. The Morgan fingerprint density at radius 2 is 0.635 bits per heavy atom. The minimum atomic E-state index is 0.856. The highest BCUT2D eigenvalue weighted by Crippen LogP contribution is 2.45. The Hall–Kier alpha value is -8.12. The molecule has 0 saturated heterocycles. The molecule has 0 bridgehead atoms. The minimum Gasteiger partial charge on any atom is -0.454 e. The molecule has 3 aromatic heterocycles. The van der Waals surface area contributed by atoms with Crippen molar-refractivity contribution < 1.29 is 8.83 Å². The standard InChI is InChI=1S/C58H38N2O2S/c1-3-13-41(14-4-1)55-37-38-56(63-55)42-29-35-46(36-30-42)60(52-22-12-20-50-48-18-8-10-24-54(48)62-58(50)52)45-33-27-40(28-34-45)39-25-31-44(32-26-39)59(43-15-5-2-6-16-43)51-21-11-19-49-47-17-7-9-23-53(47)61-57(49)51/h1-38H. The first kappa shape index (κ1) is 36.7. The molecule has 12 aromatic rings. The van der Waals surface area contributed by atoms with E-state index in [1.807, 2.05) is 35.6 Å². The molecular weight excluding hydrogens is 789 g/mol. The lowest BCUT2D eigenvalue weighted by Crippen LogP contribution is -2.10. The second-order valence-corrected chi connectivity index (χ2v) is 16.8. The smallest absolute Gasteiger partial charge is 0.159 e. The van der Waals surface area contributed by atoms with Gasteiger partial charge in [-0.2, -0.15) is 0 Å². The quantitative estimate of drug-likeness (QED) is 0.145. The van der Waals surface area contributed by atoms with Crippen molar-refractivity contribution in [2.45, 2.75) is 0 Å². The molecule has 0 aliphatic carbocycles. The van der Waals surface area contributed by atoms with E-state index >= 15 is 0 Å². The SMILES string of the molecule is c1ccc(-c2ccc(-c3ccc(N(c4ccc(-c5ccc(N(c6ccccc6)c6cccc7c6oc6ccccc67)cc5)cc4)c4cccc5c4oc4ccccc45)cc3)s2)cc1. The van der Waals surface area contributed by atoms with Crippen molar-refractivity contribution in [3.8, 4) is 32.0 Å². The van der Waals surface area contributed by atoms with Crippen LogP contribution >= 0.6 is 11.3 Å². The van der Waals surface area contributed by atoms with Gasteiger partial charge in [-0.1, -0.05) is 146 Å². The molecule has 63 heavy (non-hydrogen) atoms. The summed E-state index contributed by atoms with van der Waals surface area (Å²) in [6.45, 7) is 0. The van der Waals surface area contributed by atoms with Crippen molar-refractivity contribution >= 4 is 89.3 Å². The monoisotopic (exact) mass is 826 g/mol. The summed E-state index contributed by atoms with van der Waals surface area (Å²) in [4.78, 5) is 7.08. The minimum absolute atomic E-state index is 0.856. The van der Waals surface area contributed by atoms with Gasteiger partial charge in [-0.05, 0) is 107 Å². The average Bonchev–Trinajstić information content (AvgIpc) is 4.10. The first-order valence-electron chi connectivity index (χ1n) is 21.2. The van der Waals surface area contributed by atoms with E-state index in [4.69, 9.17) is 8.83 Å². The van der Waals surface area contributed by atoms with Crippen LogP contribution in [0.5, 0.6) is 0 Å². The van der Waals surface area contributed by atoms with Gasteiger partial charge in [0, 0.05) is 54.0 Å². The maximum Gasteiger partial charge on any atom is 0.159 e. The van der Waals surface area contributed by atoms with Crippen LogP contribution in [0.15, 0.2) is 239 Å². The van der Waals surface area contributed by atoms with Crippen LogP contribution in [0.4, 0.5) is 34.1 Å². The van der Waals surface area contributed by atoms with Crippen LogP contribution in [0.3, 0.4) is 0 Å². The van der Waals surface area contributed by atoms with E-state index in [0.717, 1.165) is 89.1 Å². The summed E-state index contributed by atoms with van der Waals surface area (Å²) < 4.78 is 13.1. The molecule has 12 rings (SSSR count). The maximum atomic E-state index is 6.62. The van der Waals surface area contributed by atoms with Crippen LogP contribution in [0.2, 0.25) is 0 Å². The van der Waals surface area contributed by atoms with Gasteiger partial charge in [0.15, 0.2) is 11.2 Å². The van der Waals surface area contributed by atoms with Gasteiger partial charge < -0.3 is 18.6 Å². The molecule has 0 spiro atoms. The van der Waals surface area contributed by atoms with Gasteiger partial charge in [-0.25, -0.2) is 0 Å². The molecule has 0 fully saturated rings. The highest BCUT2D eigenvalue weighted by Gasteiger charge is 2.21. The second-order valence-electron chi connectivity index (χ2n) is 15.7. The number of rotatable bonds is 9. The lowest BCUT2D eigenvalue weighted by molar-refractivity contribution is 0.668. The van der Waals surface area contributed by atoms with Gasteiger partial charge in [0.1, 0.15) is 11.2 Å². The van der Waals surface area contributed by atoms with Gasteiger partial charge in [-0.15, -0.1) is 11.3 Å². The molecule has 0 saturated carbocycles. The molecule has 4 nitrogen and oxygen atoms in total. The molecule has 298 valence electrons. The molecule has 0 atom stereocenters. The third-order valence-corrected chi connectivity index (χ3v) is 13.1. The molecule has 0 unspecified atom stereocenters. The van der Waals surface area contributed by atoms with Crippen LogP contribution in [-0.2, 0) is 0 Å². The third-order valence-electron chi connectivity index (χ3n) is 11.9. The fourth-order valence-corrected chi connectivity index (χ4v) is 9.90. The topological polar surface area (TPSA) is 32.8 Å². The van der Waals surface area contributed by atoms with Crippen LogP contribution in [0.25, 0.3) is 75.9 Å². The van der Waals surface area contributed by atoms with Crippen LogP contribution in [-0.4, -0.2) is 0 Å². The average molecular weight is 827 g/mol. The highest BCUT2D eigenvalue weighted by molar-refractivity contribution is 7.18. The van der Waals surface area contributed by atoms with Gasteiger partial charge >= 0.3 is 0 Å². The molecule has 0 N–H and O–H groups in total. The Morgan fingerprint density at radius 3 is 1.11 bits per heavy atom. The van der Waals surface area contributed by atoms with E-state index in [9.17, 15) is 0 Å². The van der Waals surface area contributed by atoms with Crippen LogP contribution in [0, 0.1) is 0 Å². The van der Waals surface area contributed by atoms with E-state index in [1.54, 1.807) is 0 Å². The predicted octanol–water partition coefficient (Wildman–Crippen LogP) is 17.5.